The summed E-state index contributed by atoms with van der Waals surface area (Å²) in [6, 6.07) is 4.70. The minimum atomic E-state index is -0.447. The summed E-state index contributed by atoms with van der Waals surface area (Å²) in [7, 11) is 2.01. The van der Waals surface area contributed by atoms with Crippen LogP contribution in [0, 0.1) is 12.4 Å². The SMILES string of the molecule is [C-]#[N+]c1cc(CN(C)C(C)(C)C)ccc1F. The molecule has 0 aliphatic heterocycles. The molecule has 1 aromatic rings. The predicted octanol–water partition coefficient (Wildman–Crippen LogP) is 3.61. The van der Waals surface area contributed by atoms with E-state index in [1.165, 1.54) is 6.07 Å². The average molecular weight is 220 g/mol. The van der Waals surface area contributed by atoms with Crippen LogP contribution in [0.25, 0.3) is 4.85 Å². The lowest BCUT2D eigenvalue weighted by atomic mass is 10.1. The minimum absolute atomic E-state index is 0.0622. The maximum atomic E-state index is 13.1. The van der Waals surface area contributed by atoms with Crippen LogP contribution in [0.2, 0.25) is 0 Å². The molecule has 1 rings (SSSR count). The standard InChI is InChI=1S/C13H17FN2/c1-13(2,3)16(5)9-10-6-7-11(14)12(8-10)15-4/h6-8H,9H2,1-3,5H3. The molecule has 0 saturated carbocycles. The van der Waals surface area contributed by atoms with Crippen LogP contribution in [-0.2, 0) is 6.54 Å². The summed E-state index contributed by atoms with van der Waals surface area (Å²) in [6.45, 7) is 13.9. The second kappa shape index (κ2) is 4.63. The molecule has 0 saturated heterocycles. The number of hydrogen-bond acceptors (Lipinski definition) is 1. The van der Waals surface area contributed by atoms with Crippen molar-refractivity contribution in [1.82, 2.24) is 4.90 Å². The lowest BCUT2D eigenvalue weighted by Crippen LogP contribution is -2.37. The molecule has 0 spiro atoms. The zero-order valence-electron chi connectivity index (χ0n) is 10.2. The van der Waals surface area contributed by atoms with Crippen molar-refractivity contribution in [3.8, 4) is 0 Å². The van der Waals surface area contributed by atoms with Crippen molar-refractivity contribution in [3.63, 3.8) is 0 Å². The highest BCUT2D eigenvalue weighted by molar-refractivity contribution is 5.48. The van der Waals surface area contributed by atoms with Gasteiger partial charge in [0.25, 0.3) is 0 Å². The smallest absolute Gasteiger partial charge is 0.222 e. The summed E-state index contributed by atoms with van der Waals surface area (Å²) in [5, 5.41) is 0. The predicted molar refractivity (Wildman–Crippen MR) is 63.9 cm³/mol. The van der Waals surface area contributed by atoms with Gasteiger partial charge >= 0.3 is 0 Å². The molecule has 0 fully saturated rings. The summed E-state index contributed by atoms with van der Waals surface area (Å²) in [6.07, 6.45) is 0. The molecule has 0 atom stereocenters. The van der Waals surface area contributed by atoms with Crippen molar-refractivity contribution in [2.75, 3.05) is 7.05 Å². The fourth-order valence-electron chi connectivity index (χ4n) is 1.25. The molecule has 0 bridgehead atoms. The largest absolute Gasteiger partial charge is 0.297 e. The molecule has 0 N–H and O–H groups in total. The van der Waals surface area contributed by atoms with E-state index in [-0.39, 0.29) is 11.2 Å². The first-order valence-corrected chi connectivity index (χ1v) is 5.21. The van der Waals surface area contributed by atoms with Crippen LogP contribution in [0.1, 0.15) is 26.3 Å². The van der Waals surface area contributed by atoms with Gasteiger partial charge in [0.05, 0.1) is 6.57 Å². The molecule has 0 radical (unpaired) electrons. The van der Waals surface area contributed by atoms with Crippen LogP contribution in [0.3, 0.4) is 0 Å². The quantitative estimate of drug-likeness (QED) is 0.691. The molecule has 2 nitrogen and oxygen atoms in total. The highest BCUT2D eigenvalue weighted by Crippen LogP contribution is 2.21. The minimum Gasteiger partial charge on any atom is -0.297 e. The van der Waals surface area contributed by atoms with E-state index in [1.807, 2.05) is 7.05 Å². The summed E-state index contributed by atoms with van der Waals surface area (Å²) >= 11 is 0. The van der Waals surface area contributed by atoms with E-state index in [1.54, 1.807) is 12.1 Å². The van der Waals surface area contributed by atoms with Crippen LogP contribution in [-0.4, -0.2) is 17.5 Å². The van der Waals surface area contributed by atoms with Gasteiger partial charge in [-0.05, 0) is 45.5 Å². The molecule has 0 amide bonds. The fraction of sp³-hybridized carbons (Fsp3) is 0.462. The van der Waals surface area contributed by atoms with E-state index in [0.29, 0.717) is 6.54 Å². The van der Waals surface area contributed by atoms with Crippen LogP contribution >= 0.6 is 0 Å². The third-order valence-electron chi connectivity index (χ3n) is 2.70. The molecule has 0 heterocycles. The molecule has 0 aliphatic rings. The van der Waals surface area contributed by atoms with Crippen molar-refractivity contribution in [2.24, 2.45) is 0 Å². The van der Waals surface area contributed by atoms with Gasteiger partial charge in [-0.25, -0.2) is 9.24 Å². The van der Waals surface area contributed by atoms with E-state index >= 15 is 0 Å². The molecular formula is C13H17FN2. The van der Waals surface area contributed by atoms with E-state index in [9.17, 15) is 4.39 Å². The number of nitrogens with zero attached hydrogens (tertiary/aromatic N) is 2. The maximum Gasteiger partial charge on any atom is 0.222 e. The van der Waals surface area contributed by atoms with E-state index in [0.717, 1.165) is 5.56 Å². The zero-order valence-corrected chi connectivity index (χ0v) is 10.2. The summed E-state index contributed by atoms with van der Waals surface area (Å²) in [5.41, 5.74) is 1.12. The van der Waals surface area contributed by atoms with Crippen molar-refractivity contribution >= 4 is 5.69 Å². The van der Waals surface area contributed by atoms with Gasteiger partial charge in [0.1, 0.15) is 5.82 Å². The second-order valence-electron chi connectivity index (χ2n) is 4.92. The maximum absolute atomic E-state index is 13.1. The van der Waals surface area contributed by atoms with E-state index in [2.05, 4.69) is 30.5 Å². The van der Waals surface area contributed by atoms with Gasteiger partial charge in [-0.1, -0.05) is 6.07 Å². The second-order valence-corrected chi connectivity index (χ2v) is 4.92. The van der Waals surface area contributed by atoms with Crippen molar-refractivity contribution in [1.29, 1.82) is 0 Å². The normalized spacial score (nSPS) is 11.6. The van der Waals surface area contributed by atoms with Gasteiger partial charge < -0.3 is 0 Å². The summed E-state index contributed by atoms with van der Waals surface area (Å²) in [5.74, 6) is -0.447. The molecule has 0 aliphatic carbocycles. The molecule has 16 heavy (non-hydrogen) atoms. The molecule has 0 unspecified atom stereocenters. The average Bonchev–Trinajstić information content (AvgIpc) is 2.19. The Hall–Kier alpha value is -1.40. The van der Waals surface area contributed by atoms with Gasteiger partial charge in [0, 0.05) is 12.1 Å². The number of benzene rings is 1. The van der Waals surface area contributed by atoms with E-state index in [4.69, 9.17) is 6.57 Å². The van der Waals surface area contributed by atoms with Gasteiger partial charge in [-0.2, -0.15) is 0 Å². The number of hydrogen-bond donors (Lipinski definition) is 0. The Bertz CT molecular complexity index is 413. The highest BCUT2D eigenvalue weighted by atomic mass is 19.1. The van der Waals surface area contributed by atoms with Crippen LogP contribution in [0.15, 0.2) is 18.2 Å². The van der Waals surface area contributed by atoms with Crippen LogP contribution in [0.4, 0.5) is 10.1 Å². The lowest BCUT2D eigenvalue weighted by Gasteiger charge is -2.32. The third kappa shape index (κ3) is 3.04. The zero-order chi connectivity index (χ0) is 12.3. The Morgan fingerprint density at radius 2 is 2.00 bits per heavy atom. The van der Waals surface area contributed by atoms with Crippen molar-refractivity contribution < 1.29 is 4.39 Å². The van der Waals surface area contributed by atoms with Crippen LogP contribution < -0.4 is 0 Å². The van der Waals surface area contributed by atoms with Gasteiger partial charge in [-0.3, -0.25) is 4.90 Å². The number of halogens is 1. The van der Waals surface area contributed by atoms with Gasteiger partial charge in [-0.15, -0.1) is 0 Å². The first-order chi connectivity index (χ1) is 7.34. The molecule has 3 heteroatoms. The Morgan fingerprint density at radius 1 is 1.38 bits per heavy atom. The number of rotatable bonds is 2. The lowest BCUT2D eigenvalue weighted by molar-refractivity contribution is 0.167. The monoisotopic (exact) mass is 220 g/mol. The van der Waals surface area contributed by atoms with Crippen molar-refractivity contribution in [3.05, 3.63) is 41.0 Å². The molecule has 86 valence electrons. The highest BCUT2D eigenvalue weighted by Gasteiger charge is 2.17. The Kier molecular flexibility index (Phi) is 3.66. The third-order valence-corrected chi connectivity index (χ3v) is 2.70. The Morgan fingerprint density at radius 3 is 2.50 bits per heavy atom. The molecule has 1 aromatic carbocycles. The Balaban J connectivity index is 2.88. The summed E-state index contributed by atoms with van der Waals surface area (Å²) in [4.78, 5) is 5.32. The van der Waals surface area contributed by atoms with Gasteiger partial charge in [0.2, 0.25) is 5.69 Å². The topological polar surface area (TPSA) is 7.60 Å². The summed E-state index contributed by atoms with van der Waals surface area (Å²) < 4.78 is 13.1. The van der Waals surface area contributed by atoms with E-state index < -0.39 is 5.82 Å². The molecular weight excluding hydrogens is 203 g/mol. The van der Waals surface area contributed by atoms with Gasteiger partial charge in [0.15, 0.2) is 0 Å². The fourth-order valence-corrected chi connectivity index (χ4v) is 1.25. The molecule has 0 aromatic heterocycles. The van der Waals surface area contributed by atoms with Crippen LogP contribution in [0.5, 0.6) is 0 Å². The van der Waals surface area contributed by atoms with Crippen molar-refractivity contribution in [2.45, 2.75) is 32.9 Å². The Labute approximate surface area is 96.5 Å². The first-order valence-electron chi connectivity index (χ1n) is 5.21. The first kappa shape index (κ1) is 12.7.